The quantitative estimate of drug-likeness (QED) is 0.733. The van der Waals surface area contributed by atoms with Gasteiger partial charge in [0, 0.05) is 26.1 Å². The van der Waals surface area contributed by atoms with Gasteiger partial charge in [-0.1, -0.05) is 0 Å². The predicted molar refractivity (Wildman–Crippen MR) is 68.2 cm³/mol. The number of hydrogen-bond donors (Lipinski definition) is 0. The van der Waals surface area contributed by atoms with Gasteiger partial charge in [-0.2, -0.15) is 5.10 Å². The van der Waals surface area contributed by atoms with Crippen LogP contribution in [0.1, 0.15) is 5.69 Å². The fraction of sp³-hybridized carbons (Fsp3) is 0.636. The molecule has 1 aliphatic rings. The lowest BCUT2D eigenvalue weighted by molar-refractivity contribution is -0.130. The Balaban J connectivity index is 2.19. The van der Waals surface area contributed by atoms with Crippen LogP contribution in [0.3, 0.4) is 0 Å². The standard InChI is InChI=1S/C11H17N3O4S/c1-18-10-6-13(11(15)8-19(2,16)17)5-9-3-4-12-14(9)7-10/h3-4,10H,5-8H2,1-2H3. The zero-order chi connectivity index (χ0) is 14.0. The number of fused-ring (bicyclic) bond motifs is 1. The molecule has 1 amide bonds. The SMILES string of the molecule is COC1CN(C(=O)CS(C)(=O)=O)Cc2ccnn2C1. The maximum atomic E-state index is 12.0. The van der Waals surface area contributed by atoms with Gasteiger partial charge in [0.15, 0.2) is 9.84 Å². The average molecular weight is 287 g/mol. The van der Waals surface area contributed by atoms with Crippen LogP contribution in [0.2, 0.25) is 0 Å². The number of aromatic nitrogens is 2. The Labute approximate surface area is 112 Å². The maximum absolute atomic E-state index is 12.0. The van der Waals surface area contributed by atoms with Crippen molar-refractivity contribution in [3.63, 3.8) is 0 Å². The second-order valence-corrected chi connectivity index (χ2v) is 6.85. The normalized spacial score (nSPS) is 19.9. The second-order valence-electron chi connectivity index (χ2n) is 4.71. The molecule has 0 radical (unpaired) electrons. The van der Waals surface area contributed by atoms with E-state index >= 15 is 0 Å². The van der Waals surface area contributed by atoms with Crippen LogP contribution in [0.25, 0.3) is 0 Å². The van der Waals surface area contributed by atoms with Crippen LogP contribution >= 0.6 is 0 Å². The van der Waals surface area contributed by atoms with E-state index in [-0.39, 0.29) is 6.10 Å². The van der Waals surface area contributed by atoms with Crippen LogP contribution in [-0.2, 0) is 32.5 Å². The van der Waals surface area contributed by atoms with Gasteiger partial charge in [-0.05, 0) is 6.07 Å². The minimum atomic E-state index is -3.33. The lowest BCUT2D eigenvalue weighted by Gasteiger charge is -2.23. The molecule has 0 N–H and O–H groups in total. The molecule has 19 heavy (non-hydrogen) atoms. The molecule has 1 aromatic heterocycles. The first-order chi connectivity index (χ1) is 8.89. The third kappa shape index (κ3) is 3.54. The van der Waals surface area contributed by atoms with Gasteiger partial charge >= 0.3 is 0 Å². The van der Waals surface area contributed by atoms with Crippen molar-refractivity contribution in [2.45, 2.75) is 19.2 Å². The Bertz CT molecular complexity index is 566. The van der Waals surface area contributed by atoms with Crippen LogP contribution in [0.15, 0.2) is 12.3 Å². The third-order valence-corrected chi connectivity index (χ3v) is 3.80. The third-order valence-electron chi connectivity index (χ3n) is 3.03. The summed E-state index contributed by atoms with van der Waals surface area (Å²) in [7, 11) is -1.76. The molecular formula is C11H17N3O4S. The Morgan fingerprint density at radius 1 is 1.53 bits per heavy atom. The molecule has 0 saturated heterocycles. The molecule has 1 aliphatic heterocycles. The summed E-state index contributed by atoms with van der Waals surface area (Å²) in [6.45, 7) is 1.28. The van der Waals surface area contributed by atoms with E-state index in [4.69, 9.17) is 4.74 Å². The Morgan fingerprint density at radius 2 is 2.26 bits per heavy atom. The van der Waals surface area contributed by atoms with Crippen molar-refractivity contribution in [2.24, 2.45) is 0 Å². The minimum Gasteiger partial charge on any atom is -0.378 e. The molecule has 0 saturated carbocycles. The van der Waals surface area contributed by atoms with Crippen molar-refractivity contribution < 1.29 is 17.9 Å². The van der Waals surface area contributed by atoms with E-state index in [1.807, 2.05) is 6.07 Å². The summed E-state index contributed by atoms with van der Waals surface area (Å²) in [5.74, 6) is -0.878. The lowest BCUT2D eigenvalue weighted by atomic mass is 10.3. The number of amides is 1. The van der Waals surface area contributed by atoms with Gasteiger partial charge in [-0.15, -0.1) is 0 Å². The number of methoxy groups -OCH3 is 1. The summed E-state index contributed by atoms with van der Waals surface area (Å²) < 4.78 is 29.5. The van der Waals surface area contributed by atoms with Gasteiger partial charge in [-0.3, -0.25) is 9.48 Å². The van der Waals surface area contributed by atoms with Gasteiger partial charge in [-0.25, -0.2) is 8.42 Å². The van der Waals surface area contributed by atoms with Crippen LogP contribution < -0.4 is 0 Å². The number of hydrogen-bond acceptors (Lipinski definition) is 5. The van der Waals surface area contributed by atoms with Crippen molar-refractivity contribution in [1.82, 2.24) is 14.7 Å². The molecule has 0 fully saturated rings. The first kappa shape index (κ1) is 14.0. The monoisotopic (exact) mass is 287 g/mol. The predicted octanol–water partition coefficient (Wildman–Crippen LogP) is -0.715. The minimum absolute atomic E-state index is 0.190. The largest absolute Gasteiger partial charge is 0.378 e. The highest BCUT2D eigenvalue weighted by Gasteiger charge is 2.26. The van der Waals surface area contributed by atoms with Gasteiger partial charge in [0.25, 0.3) is 0 Å². The molecular weight excluding hydrogens is 270 g/mol. The zero-order valence-corrected chi connectivity index (χ0v) is 11.8. The Hall–Kier alpha value is -1.41. The molecule has 0 spiro atoms. The molecule has 2 heterocycles. The van der Waals surface area contributed by atoms with Gasteiger partial charge in [0.05, 0.1) is 24.9 Å². The van der Waals surface area contributed by atoms with E-state index in [2.05, 4.69) is 5.10 Å². The highest BCUT2D eigenvalue weighted by Crippen LogP contribution is 2.13. The molecule has 1 aromatic rings. The summed E-state index contributed by atoms with van der Waals surface area (Å²) in [5, 5.41) is 4.16. The van der Waals surface area contributed by atoms with E-state index in [1.165, 1.54) is 4.90 Å². The molecule has 106 valence electrons. The van der Waals surface area contributed by atoms with E-state index in [0.29, 0.717) is 19.6 Å². The summed E-state index contributed by atoms with van der Waals surface area (Å²) in [6, 6.07) is 1.82. The van der Waals surface area contributed by atoms with E-state index in [0.717, 1.165) is 11.9 Å². The summed E-state index contributed by atoms with van der Waals surface area (Å²) in [5.41, 5.74) is 0.876. The van der Waals surface area contributed by atoms with Gasteiger partial charge in [0.1, 0.15) is 5.75 Å². The van der Waals surface area contributed by atoms with Gasteiger partial charge in [0.2, 0.25) is 5.91 Å². The number of ether oxygens (including phenoxy) is 1. The molecule has 0 aliphatic carbocycles. The number of rotatable bonds is 3. The number of carbonyl (C=O) groups excluding carboxylic acids is 1. The summed E-state index contributed by atoms with van der Waals surface area (Å²) in [6.07, 6.45) is 2.53. The van der Waals surface area contributed by atoms with Crippen molar-refractivity contribution in [2.75, 3.05) is 25.7 Å². The van der Waals surface area contributed by atoms with E-state index < -0.39 is 21.5 Å². The number of nitrogens with zero attached hydrogens (tertiary/aromatic N) is 3. The smallest absolute Gasteiger partial charge is 0.238 e. The summed E-state index contributed by atoms with van der Waals surface area (Å²) in [4.78, 5) is 13.5. The molecule has 1 unspecified atom stereocenters. The zero-order valence-electron chi connectivity index (χ0n) is 10.9. The second kappa shape index (κ2) is 5.30. The van der Waals surface area contributed by atoms with Crippen LogP contribution in [0.4, 0.5) is 0 Å². The lowest BCUT2D eigenvalue weighted by Crippen LogP contribution is -2.39. The first-order valence-electron chi connectivity index (χ1n) is 5.88. The maximum Gasteiger partial charge on any atom is 0.238 e. The van der Waals surface area contributed by atoms with Gasteiger partial charge < -0.3 is 9.64 Å². The highest BCUT2D eigenvalue weighted by molar-refractivity contribution is 7.91. The Kier molecular flexibility index (Phi) is 3.91. The molecule has 7 nitrogen and oxygen atoms in total. The van der Waals surface area contributed by atoms with Crippen LogP contribution in [0, 0.1) is 0 Å². The summed E-state index contributed by atoms with van der Waals surface area (Å²) >= 11 is 0. The van der Waals surface area contributed by atoms with E-state index in [9.17, 15) is 13.2 Å². The Morgan fingerprint density at radius 3 is 2.89 bits per heavy atom. The number of sulfone groups is 1. The number of carbonyl (C=O) groups is 1. The fourth-order valence-corrected chi connectivity index (χ4v) is 2.70. The highest BCUT2D eigenvalue weighted by atomic mass is 32.2. The first-order valence-corrected chi connectivity index (χ1v) is 7.94. The van der Waals surface area contributed by atoms with Crippen molar-refractivity contribution in [3.05, 3.63) is 18.0 Å². The van der Waals surface area contributed by atoms with Crippen molar-refractivity contribution >= 4 is 15.7 Å². The topological polar surface area (TPSA) is 81.5 Å². The molecule has 1 atom stereocenters. The van der Waals surface area contributed by atoms with E-state index in [1.54, 1.807) is 18.0 Å². The molecule has 0 bridgehead atoms. The average Bonchev–Trinajstić information content (AvgIpc) is 2.64. The molecule has 0 aromatic carbocycles. The molecule has 2 rings (SSSR count). The molecule has 8 heteroatoms. The van der Waals surface area contributed by atoms with Crippen molar-refractivity contribution in [1.29, 1.82) is 0 Å². The van der Waals surface area contributed by atoms with Crippen LogP contribution in [-0.4, -0.2) is 60.8 Å². The fourth-order valence-electron chi connectivity index (χ4n) is 2.07. The van der Waals surface area contributed by atoms with Crippen molar-refractivity contribution in [3.8, 4) is 0 Å². The van der Waals surface area contributed by atoms with Crippen LogP contribution in [0.5, 0.6) is 0 Å².